The molecule has 0 aromatic carbocycles. The highest BCUT2D eigenvalue weighted by atomic mass is 16.5. The van der Waals surface area contributed by atoms with E-state index in [1.807, 2.05) is 0 Å². The molecule has 0 saturated carbocycles. The van der Waals surface area contributed by atoms with Crippen molar-refractivity contribution in [3.8, 4) is 0 Å². The molecule has 0 aromatic heterocycles. The molecule has 3 atom stereocenters. The van der Waals surface area contributed by atoms with Crippen molar-refractivity contribution in [3.63, 3.8) is 0 Å². The van der Waals surface area contributed by atoms with Crippen molar-refractivity contribution < 1.29 is 14.6 Å². The van der Waals surface area contributed by atoms with Crippen molar-refractivity contribution in [2.45, 2.75) is 31.9 Å². The van der Waals surface area contributed by atoms with E-state index in [1.54, 1.807) is 0 Å². The van der Waals surface area contributed by atoms with Gasteiger partial charge in [0.1, 0.15) is 0 Å². The van der Waals surface area contributed by atoms with Gasteiger partial charge in [-0.1, -0.05) is 6.92 Å². The molecule has 2 fully saturated rings. The van der Waals surface area contributed by atoms with Gasteiger partial charge in [-0.05, 0) is 19.4 Å². The zero-order valence-electron chi connectivity index (χ0n) is 12.0. The summed E-state index contributed by atoms with van der Waals surface area (Å²) >= 11 is 0. The lowest BCUT2D eigenvalue weighted by Crippen LogP contribution is -2.51. The van der Waals surface area contributed by atoms with E-state index < -0.39 is 0 Å². The summed E-state index contributed by atoms with van der Waals surface area (Å²) in [6.45, 7) is 8.71. The van der Waals surface area contributed by atoms with Crippen molar-refractivity contribution in [1.82, 2.24) is 10.2 Å². The Morgan fingerprint density at radius 1 is 1.37 bits per heavy atom. The molecule has 2 N–H and O–H groups in total. The Kier molecular flexibility index (Phi) is 6.53. The molecule has 0 aromatic rings. The van der Waals surface area contributed by atoms with E-state index in [2.05, 4.69) is 17.1 Å². The van der Waals surface area contributed by atoms with Crippen LogP contribution in [0.25, 0.3) is 0 Å². The smallest absolute Gasteiger partial charge is 0.0932 e. The number of nitrogens with one attached hydrogen (secondary N) is 1. The van der Waals surface area contributed by atoms with Gasteiger partial charge in [-0.15, -0.1) is 0 Å². The molecule has 2 aliphatic heterocycles. The molecule has 0 bridgehead atoms. The van der Waals surface area contributed by atoms with E-state index >= 15 is 0 Å². The summed E-state index contributed by atoms with van der Waals surface area (Å²) in [5, 5.41) is 12.8. The topological polar surface area (TPSA) is 54.0 Å². The molecule has 112 valence electrons. The number of nitrogens with zero attached hydrogens (tertiary/aromatic N) is 1. The molecule has 0 aliphatic carbocycles. The van der Waals surface area contributed by atoms with Gasteiger partial charge in [0, 0.05) is 38.2 Å². The predicted molar refractivity (Wildman–Crippen MR) is 74.3 cm³/mol. The Morgan fingerprint density at radius 3 is 3.05 bits per heavy atom. The number of aliphatic hydroxyl groups excluding tert-OH is 1. The summed E-state index contributed by atoms with van der Waals surface area (Å²) in [7, 11) is 0. The van der Waals surface area contributed by atoms with E-state index in [1.165, 1.54) is 6.42 Å². The highest BCUT2D eigenvalue weighted by molar-refractivity contribution is 4.83. The van der Waals surface area contributed by atoms with Crippen LogP contribution < -0.4 is 5.32 Å². The lowest BCUT2D eigenvalue weighted by molar-refractivity contribution is -0.0657. The molecule has 5 nitrogen and oxygen atoms in total. The maximum Gasteiger partial charge on any atom is 0.0932 e. The third kappa shape index (κ3) is 4.68. The van der Waals surface area contributed by atoms with Gasteiger partial charge < -0.3 is 19.9 Å². The van der Waals surface area contributed by atoms with Crippen LogP contribution in [0.1, 0.15) is 19.8 Å². The van der Waals surface area contributed by atoms with E-state index in [-0.39, 0.29) is 12.7 Å². The molecular weight excluding hydrogens is 244 g/mol. The van der Waals surface area contributed by atoms with Crippen LogP contribution in [-0.2, 0) is 9.47 Å². The summed E-state index contributed by atoms with van der Waals surface area (Å²) in [6, 6.07) is 0.573. The summed E-state index contributed by atoms with van der Waals surface area (Å²) in [4.78, 5) is 2.41. The molecule has 0 radical (unpaired) electrons. The van der Waals surface area contributed by atoms with Crippen molar-refractivity contribution >= 4 is 0 Å². The van der Waals surface area contributed by atoms with Gasteiger partial charge >= 0.3 is 0 Å². The van der Waals surface area contributed by atoms with E-state index in [9.17, 15) is 5.11 Å². The van der Waals surface area contributed by atoms with Gasteiger partial charge in [0.15, 0.2) is 0 Å². The van der Waals surface area contributed by atoms with Gasteiger partial charge in [0.25, 0.3) is 0 Å². The van der Waals surface area contributed by atoms with Crippen LogP contribution in [0.4, 0.5) is 0 Å². The summed E-state index contributed by atoms with van der Waals surface area (Å²) in [6.07, 6.45) is 2.27. The number of morpholine rings is 1. The Labute approximate surface area is 116 Å². The highest BCUT2D eigenvalue weighted by Gasteiger charge is 2.29. The second-order valence-corrected chi connectivity index (χ2v) is 5.62. The third-order valence-electron chi connectivity index (χ3n) is 4.05. The maximum absolute atomic E-state index is 9.19. The number of aliphatic hydroxyl groups is 1. The Balaban J connectivity index is 1.80. The van der Waals surface area contributed by atoms with Crippen LogP contribution in [-0.4, -0.2) is 74.8 Å². The minimum atomic E-state index is -0.0136. The number of hydrogen-bond acceptors (Lipinski definition) is 5. The van der Waals surface area contributed by atoms with Crippen LogP contribution >= 0.6 is 0 Å². The van der Waals surface area contributed by atoms with Gasteiger partial charge in [-0.25, -0.2) is 0 Å². The van der Waals surface area contributed by atoms with E-state index in [0.29, 0.717) is 12.0 Å². The first-order chi connectivity index (χ1) is 9.33. The Morgan fingerprint density at radius 2 is 2.26 bits per heavy atom. The zero-order chi connectivity index (χ0) is 13.5. The molecule has 5 heteroatoms. The molecule has 0 amide bonds. The van der Waals surface area contributed by atoms with Crippen LogP contribution in [0.3, 0.4) is 0 Å². The zero-order valence-corrected chi connectivity index (χ0v) is 12.0. The van der Waals surface area contributed by atoms with Crippen LogP contribution in [0.15, 0.2) is 0 Å². The van der Waals surface area contributed by atoms with Crippen molar-refractivity contribution in [2.75, 3.05) is 52.6 Å². The average molecular weight is 272 g/mol. The van der Waals surface area contributed by atoms with Gasteiger partial charge in [0.05, 0.1) is 25.9 Å². The monoisotopic (exact) mass is 272 g/mol. The standard InChI is InChI=1S/C14H28N2O3/c1-2-4-15-14-3-6-18-11-12(14)8-16-5-7-19-13(9-16)10-17/h12-15,17H,2-11H2,1H3. The largest absolute Gasteiger partial charge is 0.394 e. The van der Waals surface area contributed by atoms with Gasteiger partial charge in [-0.2, -0.15) is 0 Å². The van der Waals surface area contributed by atoms with Crippen LogP contribution in [0.2, 0.25) is 0 Å². The van der Waals surface area contributed by atoms with Crippen molar-refractivity contribution in [3.05, 3.63) is 0 Å². The minimum absolute atomic E-state index is 0.0136. The van der Waals surface area contributed by atoms with Crippen LogP contribution in [0.5, 0.6) is 0 Å². The second kappa shape index (κ2) is 8.17. The number of hydrogen-bond donors (Lipinski definition) is 2. The molecule has 2 heterocycles. The highest BCUT2D eigenvalue weighted by Crippen LogP contribution is 2.18. The lowest BCUT2D eigenvalue weighted by Gasteiger charge is -2.38. The summed E-state index contributed by atoms with van der Waals surface area (Å²) in [5.41, 5.74) is 0. The summed E-state index contributed by atoms with van der Waals surface area (Å²) in [5.74, 6) is 0.553. The first-order valence-electron chi connectivity index (χ1n) is 7.59. The van der Waals surface area contributed by atoms with E-state index in [4.69, 9.17) is 9.47 Å². The fourth-order valence-electron chi connectivity index (χ4n) is 2.96. The number of ether oxygens (including phenoxy) is 2. The Bertz CT molecular complexity index is 253. The third-order valence-corrected chi connectivity index (χ3v) is 4.05. The quantitative estimate of drug-likeness (QED) is 0.717. The predicted octanol–water partition coefficient (Wildman–Crippen LogP) is 0.0842. The fourth-order valence-corrected chi connectivity index (χ4v) is 2.96. The summed E-state index contributed by atoms with van der Waals surface area (Å²) < 4.78 is 11.1. The van der Waals surface area contributed by atoms with E-state index in [0.717, 1.165) is 52.4 Å². The fraction of sp³-hybridized carbons (Fsp3) is 1.00. The van der Waals surface area contributed by atoms with Gasteiger partial charge in [0.2, 0.25) is 0 Å². The first-order valence-corrected chi connectivity index (χ1v) is 7.59. The molecule has 0 spiro atoms. The minimum Gasteiger partial charge on any atom is -0.394 e. The molecule has 2 aliphatic rings. The lowest BCUT2D eigenvalue weighted by atomic mass is 9.94. The molecular formula is C14H28N2O3. The van der Waals surface area contributed by atoms with Crippen molar-refractivity contribution in [2.24, 2.45) is 5.92 Å². The normalized spacial score (nSPS) is 33.5. The molecule has 2 saturated heterocycles. The molecule has 2 rings (SSSR count). The Hall–Kier alpha value is -0.200. The first kappa shape index (κ1) is 15.2. The SMILES string of the molecule is CCCNC1CCOCC1CN1CCOC(CO)C1. The molecule has 3 unspecified atom stereocenters. The van der Waals surface area contributed by atoms with Crippen LogP contribution in [0, 0.1) is 5.92 Å². The number of rotatable bonds is 6. The molecule has 19 heavy (non-hydrogen) atoms. The average Bonchev–Trinajstić information content (AvgIpc) is 2.46. The second-order valence-electron chi connectivity index (χ2n) is 5.62. The van der Waals surface area contributed by atoms with Gasteiger partial charge in [-0.3, -0.25) is 4.90 Å². The van der Waals surface area contributed by atoms with Crippen molar-refractivity contribution in [1.29, 1.82) is 0 Å². The maximum atomic E-state index is 9.19.